The first-order valence-corrected chi connectivity index (χ1v) is 10.6. The van der Waals surface area contributed by atoms with E-state index in [0.717, 1.165) is 0 Å². The van der Waals surface area contributed by atoms with E-state index in [2.05, 4.69) is 4.40 Å². The number of amidine groups is 1. The molecule has 1 amide bonds. The van der Waals surface area contributed by atoms with Gasteiger partial charge in [-0.05, 0) is 24.3 Å². The molecule has 0 atom stereocenters. The summed E-state index contributed by atoms with van der Waals surface area (Å²) in [7, 11) is -0.579. The monoisotopic (exact) mass is 415 g/mol. The van der Waals surface area contributed by atoms with Crippen LogP contribution in [-0.2, 0) is 10.0 Å². The van der Waals surface area contributed by atoms with E-state index in [1.165, 1.54) is 14.2 Å². The summed E-state index contributed by atoms with van der Waals surface area (Å²) in [6.07, 6.45) is 0. The number of methoxy groups -OCH3 is 2. The summed E-state index contributed by atoms with van der Waals surface area (Å²) < 4.78 is 39.0. The van der Waals surface area contributed by atoms with Crippen LogP contribution < -0.4 is 9.47 Å². The molecule has 0 unspecified atom stereocenters. The van der Waals surface area contributed by atoms with Gasteiger partial charge in [-0.3, -0.25) is 4.79 Å². The van der Waals surface area contributed by atoms with Crippen molar-refractivity contribution in [3.05, 3.63) is 53.6 Å². The molecular formula is C20H21N3O5S. The van der Waals surface area contributed by atoms with Crippen molar-refractivity contribution in [3.8, 4) is 11.5 Å². The van der Waals surface area contributed by atoms with E-state index in [9.17, 15) is 13.2 Å². The van der Waals surface area contributed by atoms with E-state index in [0.29, 0.717) is 54.6 Å². The van der Waals surface area contributed by atoms with Crippen LogP contribution in [-0.4, -0.2) is 70.4 Å². The van der Waals surface area contributed by atoms with Gasteiger partial charge in [-0.15, -0.1) is 4.40 Å². The highest BCUT2D eigenvalue weighted by Gasteiger charge is 2.33. The predicted molar refractivity (Wildman–Crippen MR) is 107 cm³/mol. The van der Waals surface area contributed by atoms with Crippen molar-refractivity contribution in [2.75, 3.05) is 40.4 Å². The van der Waals surface area contributed by atoms with Gasteiger partial charge in [0.15, 0.2) is 5.84 Å². The molecule has 0 aromatic heterocycles. The van der Waals surface area contributed by atoms with E-state index in [1.54, 1.807) is 47.4 Å². The van der Waals surface area contributed by atoms with Crippen LogP contribution in [0.2, 0.25) is 0 Å². The normalized spacial score (nSPS) is 17.5. The standard InChI is InChI=1S/C20H21N3O5S/c1-27-15-11-14(12-16(13-15)28-2)20(24)23-9-7-22(8-10-23)19-17-5-3-4-6-18(17)29(25,26)21-19/h3-6,11-13H,7-10H2,1-2H3. The number of fused-ring (bicyclic) bond motifs is 1. The molecule has 2 aliphatic rings. The van der Waals surface area contributed by atoms with Crippen molar-refractivity contribution in [2.45, 2.75) is 4.90 Å². The highest BCUT2D eigenvalue weighted by atomic mass is 32.2. The summed E-state index contributed by atoms with van der Waals surface area (Å²) in [5, 5.41) is 0. The molecular weight excluding hydrogens is 394 g/mol. The van der Waals surface area contributed by atoms with Gasteiger partial charge in [0.1, 0.15) is 16.4 Å². The second kappa shape index (κ2) is 7.40. The van der Waals surface area contributed by atoms with E-state index in [4.69, 9.17) is 9.47 Å². The summed E-state index contributed by atoms with van der Waals surface area (Å²) in [5.41, 5.74) is 1.10. The number of hydrogen-bond acceptors (Lipinski definition) is 6. The molecule has 0 N–H and O–H groups in total. The topological polar surface area (TPSA) is 88.5 Å². The van der Waals surface area contributed by atoms with E-state index < -0.39 is 10.0 Å². The van der Waals surface area contributed by atoms with Gasteiger partial charge in [0, 0.05) is 43.4 Å². The van der Waals surface area contributed by atoms with E-state index in [1.807, 2.05) is 4.90 Å². The van der Waals surface area contributed by atoms with Gasteiger partial charge in [0.05, 0.1) is 14.2 Å². The van der Waals surface area contributed by atoms with Crippen molar-refractivity contribution >= 4 is 21.8 Å². The zero-order chi connectivity index (χ0) is 20.6. The van der Waals surface area contributed by atoms with Crippen LogP contribution in [0.1, 0.15) is 15.9 Å². The number of nitrogens with zero attached hydrogens (tertiary/aromatic N) is 3. The van der Waals surface area contributed by atoms with Crippen LogP contribution in [0.15, 0.2) is 51.8 Å². The molecule has 2 aliphatic heterocycles. The fourth-order valence-electron chi connectivity index (χ4n) is 3.55. The maximum atomic E-state index is 12.9. The van der Waals surface area contributed by atoms with Gasteiger partial charge in [0.25, 0.3) is 15.9 Å². The van der Waals surface area contributed by atoms with Crippen molar-refractivity contribution in [1.82, 2.24) is 9.80 Å². The van der Waals surface area contributed by atoms with Crippen molar-refractivity contribution < 1.29 is 22.7 Å². The lowest BCUT2D eigenvalue weighted by molar-refractivity contribution is 0.0691. The Morgan fingerprint density at radius 3 is 2.21 bits per heavy atom. The Bertz CT molecular complexity index is 1070. The minimum absolute atomic E-state index is 0.122. The molecule has 0 aliphatic carbocycles. The van der Waals surface area contributed by atoms with Crippen LogP contribution in [0, 0.1) is 0 Å². The fourth-order valence-corrected chi connectivity index (χ4v) is 4.78. The van der Waals surface area contributed by atoms with E-state index in [-0.39, 0.29) is 10.8 Å². The molecule has 29 heavy (non-hydrogen) atoms. The molecule has 152 valence electrons. The van der Waals surface area contributed by atoms with Crippen LogP contribution in [0.4, 0.5) is 0 Å². The number of benzene rings is 2. The lowest BCUT2D eigenvalue weighted by Gasteiger charge is -2.35. The van der Waals surface area contributed by atoms with Gasteiger partial charge in [-0.25, -0.2) is 0 Å². The molecule has 4 rings (SSSR count). The molecule has 1 saturated heterocycles. The third kappa shape index (κ3) is 3.53. The number of sulfonamides is 1. The molecule has 0 radical (unpaired) electrons. The van der Waals surface area contributed by atoms with Gasteiger partial charge in [0.2, 0.25) is 0 Å². The zero-order valence-corrected chi connectivity index (χ0v) is 17.0. The average Bonchev–Trinajstić information content (AvgIpc) is 3.04. The quantitative estimate of drug-likeness (QED) is 0.757. The Labute approximate surface area is 169 Å². The Kier molecular flexibility index (Phi) is 4.91. The fraction of sp³-hybridized carbons (Fsp3) is 0.300. The summed E-state index contributed by atoms with van der Waals surface area (Å²) in [5.74, 6) is 1.43. The molecule has 2 aromatic rings. The summed E-state index contributed by atoms with van der Waals surface area (Å²) >= 11 is 0. The number of ether oxygens (including phenoxy) is 2. The van der Waals surface area contributed by atoms with Crippen LogP contribution in [0.5, 0.6) is 11.5 Å². The Morgan fingerprint density at radius 2 is 1.59 bits per heavy atom. The summed E-state index contributed by atoms with van der Waals surface area (Å²) in [6, 6.07) is 11.9. The zero-order valence-electron chi connectivity index (χ0n) is 16.2. The first-order valence-electron chi connectivity index (χ1n) is 9.14. The van der Waals surface area contributed by atoms with Gasteiger partial charge in [-0.2, -0.15) is 8.42 Å². The first kappa shape index (κ1) is 19.3. The molecule has 9 heteroatoms. The number of carbonyl (C=O) groups excluding carboxylic acids is 1. The number of carbonyl (C=O) groups is 1. The highest BCUT2D eigenvalue weighted by molar-refractivity contribution is 7.90. The lowest BCUT2D eigenvalue weighted by atomic mass is 10.1. The third-order valence-corrected chi connectivity index (χ3v) is 6.40. The average molecular weight is 415 g/mol. The first-order chi connectivity index (χ1) is 13.9. The molecule has 2 heterocycles. The van der Waals surface area contributed by atoms with Crippen LogP contribution in [0.25, 0.3) is 0 Å². The number of piperazine rings is 1. The number of amides is 1. The Balaban J connectivity index is 1.50. The Hall–Kier alpha value is -3.07. The molecule has 0 saturated carbocycles. The summed E-state index contributed by atoms with van der Waals surface area (Å²) in [6.45, 7) is 1.91. The minimum atomic E-state index is -3.65. The molecule has 0 spiro atoms. The van der Waals surface area contributed by atoms with Crippen LogP contribution in [0.3, 0.4) is 0 Å². The van der Waals surface area contributed by atoms with Crippen molar-refractivity contribution in [3.63, 3.8) is 0 Å². The Morgan fingerprint density at radius 1 is 0.966 bits per heavy atom. The largest absolute Gasteiger partial charge is 0.497 e. The maximum Gasteiger partial charge on any atom is 0.285 e. The lowest BCUT2D eigenvalue weighted by Crippen LogP contribution is -2.50. The smallest absolute Gasteiger partial charge is 0.285 e. The minimum Gasteiger partial charge on any atom is -0.497 e. The molecule has 8 nitrogen and oxygen atoms in total. The van der Waals surface area contributed by atoms with Crippen molar-refractivity contribution in [1.29, 1.82) is 0 Å². The van der Waals surface area contributed by atoms with Crippen molar-refractivity contribution in [2.24, 2.45) is 4.40 Å². The highest BCUT2D eigenvalue weighted by Crippen LogP contribution is 2.28. The predicted octanol–water partition coefficient (Wildman–Crippen LogP) is 1.61. The van der Waals surface area contributed by atoms with Gasteiger partial charge in [-0.1, -0.05) is 12.1 Å². The molecule has 2 aromatic carbocycles. The summed E-state index contributed by atoms with van der Waals surface area (Å²) in [4.78, 5) is 16.8. The maximum absolute atomic E-state index is 12.9. The molecule has 1 fully saturated rings. The molecule has 0 bridgehead atoms. The number of hydrogen-bond donors (Lipinski definition) is 0. The van der Waals surface area contributed by atoms with Gasteiger partial charge >= 0.3 is 0 Å². The van der Waals surface area contributed by atoms with E-state index >= 15 is 0 Å². The van der Waals surface area contributed by atoms with Crippen LogP contribution >= 0.6 is 0 Å². The second-order valence-electron chi connectivity index (χ2n) is 6.77. The number of rotatable bonds is 3. The third-order valence-electron chi connectivity index (χ3n) is 5.08. The van der Waals surface area contributed by atoms with Gasteiger partial charge < -0.3 is 19.3 Å². The second-order valence-corrected chi connectivity index (χ2v) is 8.34. The SMILES string of the molecule is COc1cc(OC)cc(C(=O)N2CCN(C3=NS(=O)(=O)c4ccccc43)CC2)c1.